The van der Waals surface area contributed by atoms with Gasteiger partial charge in [0.1, 0.15) is 30.1 Å². The van der Waals surface area contributed by atoms with E-state index in [4.69, 9.17) is 9.47 Å². The van der Waals surface area contributed by atoms with Crippen LogP contribution in [0.4, 0.5) is 5.82 Å². The first-order valence-electron chi connectivity index (χ1n) is 14.0. The van der Waals surface area contributed by atoms with Crippen LogP contribution in [0.2, 0.25) is 0 Å². The molecule has 5 aromatic rings. The lowest BCUT2D eigenvalue weighted by Crippen LogP contribution is -2.44. The first-order chi connectivity index (χ1) is 20.0. The number of nitrogens with zero attached hydrogens (tertiary/aromatic N) is 7. The number of anilines is 1. The Morgan fingerprint density at radius 2 is 1.80 bits per heavy atom. The van der Waals surface area contributed by atoms with Crippen molar-refractivity contribution in [2.75, 3.05) is 38.7 Å². The van der Waals surface area contributed by atoms with Gasteiger partial charge in [0.15, 0.2) is 0 Å². The molecule has 212 valence electrons. The van der Waals surface area contributed by atoms with Crippen LogP contribution >= 0.6 is 0 Å². The predicted octanol–water partition coefficient (Wildman–Crippen LogP) is 4.68. The fourth-order valence-corrected chi connectivity index (χ4v) is 5.16. The lowest BCUT2D eigenvalue weighted by atomic mass is 9.93. The molecule has 6 rings (SSSR count). The number of aryl methyl sites for hydroxylation is 1. The summed E-state index contributed by atoms with van der Waals surface area (Å²) in [7, 11) is 3.73. The van der Waals surface area contributed by atoms with E-state index < -0.39 is 0 Å². The molecule has 0 bridgehead atoms. The third-order valence-corrected chi connectivity index (χ3v) is 7.96. The number of imidazole rings is 1. The van der Waals surface area contributed by atoms with Gasteiger partial charge in [-0.25, -0.2) is 15.0 Å². The second-order valence-corrected chi connectivity index (χ2v) is 10.8. The molecule has 4 aromatic heterocycles. The molecule has 10 heteroatoms. The normalized spacial score (nSPS) is 15.3. The van der Waals surface area contributed by atoms with Gasteiger partial charge >= 0.3 is 0 Å². The van der Waals surface area contributed by atoms with E-state index in [0.717, 1.165) is 77.8 Å². The summed E-state index contributed by atoms with van der Waals surface area (Å²) in [5.74, 6) is 1.57. The highest BCUT2D eigenvalue weighted by Gasteiger charge is 2.29. The summed E-state index contributed by atoms with van der Waals surface area (Å²) < 4.78 is 15.5. The fraction of sp³-hybridized carbons (Fsp3) is 0.355. The van der Waals surface area contributed by atoms with Crippen molar-refractivity contribution in [1.82, 2.24) is 34.0 Å². The van der Waals surface area contributed by atoms with Gasteiger partial charge < -0.3 is 14.8 Å². The molecular formula is C31H36N8O2. The minimum absolute atomic E-state index is 0.00855. The predicted molar refractivity (Wildman–Crippen MR) is 159 cm³/mol. The molecule has 1 aromatic carbocycles. The Balaban J connectivity index is 1.05. The van der Waals surface area contributed by atoms with Gasteiger partial charge in [-0.3, -0.25) is 14.0 Å². The number of hydrogen-bond donors (Lipinski definition) is 1. The van der Waals surface area contributed by atoms with Crippen molar-refractivity contribution in [3.63, 3.8) is 0 Å². The number of fused-ring (bicyclic) bond motifs is 1. The summed E-state index contributed by atoms with van der Waals surface area (Å²) in [6, 6.07) is 14.4. The first-order valence-corrected chi connectivity index (χ1v) is 14.0. The van der Waals surface area contributed by atoms with Gasteiger partial charge in [-0.05, 0) is 37.0 Å². The molecule has 0 amide bonds. The van der Waals surface area contributed by atoms with E-state index in [9.17, 15) is 0 Å². The van der Waals surface area contributed by atoms with Crippen molar-refractivity contribution in [3.05, 3.63) is 79.1 Å². The SMILES string of the molecule is COC1(C)CCN(CCOc2ccn3c(-c4cc(NCc5ccc(-c6cnn(C)c6)cc5)ncn4)cnc3c2)CC1. The lowest BCUT2D eigenvalue weighted by Gasteiger charge is -2.38. The van der Waals surface area contributed by atoms with Crippen molar-refractivity contribution < 1.29 is 9.47 Å². The van der Waals surface area contributed by atoms with E-state index in [1.165, 1.54) is 0 Å². The Bertz CT molecular complexity index is 1600. The monoisotopic (exact) mass is 552 g/mol. The van der Waals surface area contributed by atoms with Gasteiger partial charge in [0, 0.05) is 70.4 Å². The van der Waals surface area contributed by atoms with Gasteiger partial charge in [0.25, 0.3) is 0 Å². The minimum atomic E-state index is 0.00855. The number of likely N-dealkylation sites (tertiary alicyclic amines) is 1. The number of aromatic nitrogens is 6. The number of piperidine rings is 1. The van der Waals surface area contributed by atoms with Crippen molar-refractivity contribution in [3.8, 4) is 28.3 Å². The van der Waals surface area contributed by atoms with Crippen molar-refractivity contribution >= 4 is 11.5 Å². The third-order valence-electron chi connectivity index (χ3n) is 7.96. The van der Waals surface area contributed by atoms with Gasteiger partial charge in [-0.15, -0.1) is 0 Å². The number of rotatable bonds is 10. The first kappa shape index (κ1) is 26.9. The van der Waals surface area contributed by atoms with Gasteiger partial charge in [0.05, 0.1) is 29.4 Å². The summed E-state index contributed by atoms with van der Waals surface area (Å²) >= 11 is 0. The molecular weight excluding hydrogens is 516 g/mol. The summed E-state index contributed by atoms with van der Waals surface area (Å²) in [6.07, 6.45) is 11.4. The average molecular weight is 553 g/mol. The minimum Gasteiger partial charge on any atom is -0.492 e. The van der Waals surface area contributed by atoms with E-state index in [1.54, 1.807) is 6.33 Å². The molecule has 5 heterocycles. The Labute approximate surface area is 240 Å². The van der Waals surface area contributed by atoms with Gasteiger partial charge in [-0.2, -0.15) is 5.10 Å². The van der Waals surface area contributed by atoms with Gasteiger partial charge in [0.2, 0.25) is 0 Å². The van der Waals surface area contributed by atoms with E-state index in [-0.39, 0.29) is 5.60 Å². The summed E-state index contributed by atoms with van der Waals surface area (Å²) in [5.41, 5.74) is 5.92. The van der Waals surface area contributed by atoms with Crippen LogP contribution in [0.3, 0.4) is 0 Å². The largest absolute Gasteiger partial charge is 0.492 e. The van der Waals surface area contributed by atoms with Gasteiger partial charge in [-0.1, -0.05) is 24.3 Å². The second kappa shape index (κ2) is 11.7. The highest BCUT2D eigenvalue weighted by atomic mass is 16.5. The molecule has 10 nitrogen and oxygen atoms in total. The molecule has 0 atom stereocenters. The average Bonchev–Trinajstić information content (AvgIpc) is 3.64. The van der Waals surface area contributed by atoms with E-state index >= 15 is 0 Å². The Morgan fingerprint density at radius 1 is 0.976 bits per heavy atom. The third kappa shape index (κ3) is 6.23. The van der Waals surface area contributed by atoms with Crippen LogP contribution in [-0.4, -0.2) is 73.0 Å². The fourth-order valence-electron chi connectivity index (χ4n) is 5.16. The highest BCUT2D eigenvalue weighted by molar-refractivity contribution is 5.64. The second-order valence-electron chi connectivity index (χ2n) is 10.8. The molecule has 1 saturated heterocycles. The number of pyridine rings is 1. The zero-order valence-electron chi connectivity index (χ0n) is 23.8. The molecule has 1 N–H and O–H groups in total. The Hall–Kier alpha value is -4.28. The number of ether oxygens (including phenoxy) is 2. The summed E-state index contributed by atoms with van der Waals surface area (Å²) in [6.45, 7) is 6.45. The number of methoxy groups -OCH3 is 1. The maximum absolute atomic E-state index is 6.07. The molecule has 0 spiro atoms. The number of hydrogen-bond acceptors (Lipinski definition) is 8. The van der Waals surface area contributed by atoms with Crippen LogP contribution in [0.15, 0.2) is 73.6 Å². The Kier molecular flexibility index (Phi) is 7.67. The van der Waals surface area contributed by atoms with Crippen LogP contribution in [-0.2, 0) is 18.3 Å². The smallest absolute Gasteiger partial charge is 0.140 e. The molecule has 0 saturated carbocycles. The zero-order valence-corrected chi connectivity index (χ0v) is 23.8. The number of benzene rings is 1. The van der Waals surface area contributed by atoms with E-state index in [1.807, 2.05) is 66.2 Å². The lowest BCUT2D eigenvalue weighted by molar-refractivity contribution is -0.0439. The van der Waals surface area contributed by atoms with Crippen molar-refractivity contribution in [2.45, 2.75) is 31.9 Å². The molecule has 1 aliphatic heterocycles. The topological polar surface area (TPSA) is 94.6 Å². The van der Waals surface area contributed by atoms with E-state index in [0.29, 0.717) is 13.2 Å². The Morgan fingerprint density at radius 3 is 2.56 bits per heavy atom. The van der Waals surface area contributed by atoms with Crippen LogP contribution < -0.4 is 10.1 Å². The maximum atomic E-state index is 6.07. The zero-order chi connectivity index (χ0) is 28.2. The van der Waals surface area contributed by atoms with Crippen LogP contribution in [0, 0.1) is 0 Å². The van der Waals surface area contributed by atoms with Crippen LogP contribution in [0.25, 0.3) is 28.2 Å². The quantitative estimate of drug-likeness (QED) is 0.267. The summed E-state index contributed by atoms with van der Waals surface area (Å²) in [5, 5.41) is 7.66. The van der Waals surface area contributed by atoms with Crippen molar-refractivity contribution in [2.24, 2.45) is 7.05 Å². The summed E-state index contributed by atoms with van der Waals surface area (Å²) in [4.78, 5) is 16.0. The molecule has 1 aliphatic rings. The molecule has 0 unspecified atom stereocenters. The van der Waals surface area contributed by atoms with Crippen LogP contribution in [0.1, 0.15) is 25.3 Å². The highest BCUT2D eigenvalue weighted by Crippen LogP contribution is 2.26. The molecule has 0 aliphatic carbocycles. The standard InChI is InChI=1S/C31H36N8O2/c1-31(40-3)9-12-38(13-10-31)14-15-41-26-8-11-39-28(20-33-30(39)16-26)27-17-29(35-22-34-27)32-18-23-4-6-24(7-5-23)25-19-36-37(2)21-25/h4-8,11,16-17,19-22H,9-10,12-15,18H2,1-3H3,(H,32,34,35). The van der Waals surface area contributed by atoms with Crippen molar-refractivity contribution in [1.29, 1.82) is 0 Å². The van der Waals surface area contributed by atoms with E-state index in [2.05, 4.69) is 61.5 Å². The van der Waals surface area contributed by atoms with Crippen LogP contribution in [0.5, 0.6) is 5.75 Å². The number of nitrogens with one attached hydrogen (secondary N) is 1. The maximum Gasteiger partial charge on any atom is 0.140 e. The molecule has 1 fully saturated rings. The molecule has 0 radical (unpaired) electrons. The molecule has 41 heavy (non-hydrogen) atoms.